The van der Waals surface area contributed by atoms with Crippen LogP contribution in [0.5, 0.6) is 0 Å². The molecule has 0 saturated heterocycles. The SMILES string of the molecule is CC.CC(C)c1nc2ncnc(C(C)C)c2[nH]1.[HH]. The molecule has 0 fully saturated rings. The van der Waals surface area contributed by atoms with E-state index >= 15 is 0 Å². The minimum Gasteiger partial charge on any atom is -0.339 e. The van der Waals surface area contributed by atoms with E-state index in [-0.39, 0.29) is 1.43 Å². The van der Waals surface area contributed by atoms with Gasteiger partial charge in [-0.2, -0.15) is 0 Å². The highest BCUT2D eigenvalue weighted by molar-refractivity contribution is 5.73. The van der Waals surface area contributed by atoms with Gasteiger partial charge in [-0.1, -0.05) is 41.5 Å². The number of rotatable bonds is 2. The van der Waals surface area contributed by atoms with Crippen molar-refractivity contribution in [1.29, 1.82) is 0 Å². The van der Waals surface area contributed by atoms with Crippen molar-refractivity contribution in [1.82, 2.24) is 19.9 Å². The van der Waals surface area contributed by atoms with Crippen LogP contribution < -0.4 is 0 Å². The molecule has 96 valence electrons. The molecule has 2 rings (SSSR count). The average Bonchev–Trinajstić information content (AvgIpc) is 2.74. The maximum absolute atomic E-state index is 4.45. The van der Waals surface area contributed by atoms with Gasteiger partial charge in [-0.3, -0.25) is 0 Å². The molecular formula is C13H24N4. The number of aromatic nitrogens is 4. The molecule has 17 heavy (non-hydrogen) atoms. The van der Waals surface area contributed by atoms with E-state index in [1.807, 2.05) is 13.8 Å². The van der Waals surface area contributed by atoms with Crippen molar-refractivity contribution in [2.75, 3.05) is 0 Å². The standard InChI is InChI=1S/C11H16N4.C2H6.H2/c1-6(2)8-9-11(13-5-12-8)15-10(14-9)7(3)4;1-2;/h5-7H,1-4H3,(H,12,13,14,15);1-2H3;1H. The Bertz CT molecular complexity index is 477. The lowest BCUT2D eigenvalue weighted by molar-refractivity contribution is 0.795. The number of hydrogen-bond acceptors (Lipinski definition) is 3. The van der Waals surface area contributed by atoms with Crippen LogP contribution >= 0.6 is 0 Å². The number of H-pyrrole nitrogens is 1. The molecule has 1 N–H and O–H groups in total. The van der Waals surface area contributed by atoms with Crippen LogP contribution in [-0.4, -0.2) is 19.9 Å². The first kappa shape index (κ1) is 13.6. The number of nitrogens with zero attached hydrogens (tertiary/aromatic N) is 3. The van der Waals surface area contributed by atoms with E-state index in [4.69, 9.17) is 0 Å². The Morgan fingerprint density at radius 3 is 2.24 bits per heavy atom. The fourth-order valence-electron chi connectivity index (χ4n) is 1.58. The van der Waals surface area contributed by atoms with Crippen molar-refractivity contribution in [3.63, 3.8) is 0 Å². The fourth-order valence-corrected chi connectivity index (χ4v) is 1.58. The van der Waals surface area contributed by atoms with Gasteiger partial charge in [0.2, 0.25) is 0 Å². The second-order valence-electron chi connectivity index (χ2n) is 4.39. The second-order valence-corrected chi connectivity index (χ2v) is 4.39. The molecule has 2 heterocycles. The summed E-state index contributed by atoms with van der Waals surface area (Å²) in [5.74, 6) is 1.75. The summed E-state index contributed by atoms with van der Waals surface area (Å²) >= 11 is 0. The number of hydrogen-bond donors (Lipinski definition) is 1. The molecule has 0 spiro atoms. The largest absolute Gasteiger partial charge is 0.339 e. The third-order valence-electron chi connectivity index (χ3n) is 2.43. The lowest BCUT2D eigenvalue weighted by atomic mass is 10.1. The van der Waals surface area contributed by atoms with Crippen molar-refractivity contribution < 1.29 is 1.43 Å². The average molecular weight is 236 g/mol. The normalized spacial score (nSPS) is 10.8. The molecule has 0 unspecified atom stereocenters. The summed E-state index contributed by atoms with van der Waals surface area (Å²) in [7, 11) is 0. The van der Waals surface area contributed by atoms with Crippen molar-refractivity contribution >= 4 is 11.2 Å². The molecule has 0 atom stereocenters. The molecule has 0 bridgehead atoms. The zero-order valence-corrected chi connectivity index (χ0v) is 11.6. The predicted molar refractivity (Wildman–Crippen MR) is 73.3 cm³/mol. The van der Waals surface area contributed by atoms with Crippen LogP contribution in [0.2, 0.25) is 0 Å². The van der Waals surface area contributed by atoms with Gasteiger partial charge < -0.3 is 4.98 Å². The zero-order valence-electron chi connectivity index (χ0n) is 11.6. The van der Waals surface area contributed by atoms with Crippen LogP contribution in [0.1, 0.15) is 66.3 Å². The van der Waals surface area contributed by atoms with Gasteiger partial charge in [0.05, 0.1) is 5.69 Å². The van der Waals surface area contributed by atoms with Gasteiger partial charge in [0.1, 0.15) is 17.7 Å². The molecule has 0 aromatic carbocycles. The van der Waals surface area contributed by atoms with Gasteiger partial charge in [0.15, 0.2) is 5.65 Å². The fraction of sp³-hybridized carbons (Fsp3) is 0.615. The summed E-state index contributed by atoms with van der Waals surface area (Å²) < 4.78 is 0. The highest BCUT2D eigenvalue weighted by Crippen LogP contribution is 2.21. The Balaban J connectivity index is 0.000000917. The Hall–Kier alpha value is -1.45. The van der Waals surface area contributed by atoms with Crippen molar-refractivity contribution in [2.45, 2.75) is 53.4 Å². The number of fused-ring (bicyclic) bond motifs is 1. The van der Waals surface area contributed by atoms with Crippen LogP contribution in [0.3, 0.4) is 0 Å². The molecule has 2 aromatic heterocycles. The Kier molecular flexibility index (Phi) is 4.61. The Labute approximate surface area is 104 Å². The molecular weight excluding hydrogens is 212 g/mol. The van der Waals surface area contributed by atoms with Crippen LogP contribution in [0, 0.1) is 0 Å². The second kappa shape index (κ2) is 5.75. The molecule has 0 saturated carbocycles. The van der Waals surface area contributed by atoms with Crippen molar-refractivity contribution in [3.05, 3.63) is 17.8 Å². The third kappa shape index (κ3) is 2.81. The molecule has 4 nitrogen and oxygen atoms in total. The van der Waals surface area contributed by atoms with E-state index in [2.05, 4.69) is 47.6 Å². The summed E-state index contributed by atoms with van der Waals surface area (Å²) in [6, 6.07) is 0. The van der Waals surface area contributed by atoms with Crippen LogP contribution in [0.15, 0.2) is 6.33 Å². The first-order valence-electron chi connectivity index (χ1n) is 6.30. The van der Waals surface area contributed by atoms with Crippen LogP contribution in [-0.2, 0) is 0 Å². The summed E-state index contributed by atoms with van der Waals surface area (Å²) in [6.45, 7) is 12.5. The first-order chi connectivity index (χ1) is 8.09. The topological polar surface area (TPSA) is 54.5 Å². The van der Waals surface area contributed by atoms with E-state index in [0.29, 0.717) is 11.8 Å². The Morgan fingerprint density at radius 2 is 1.71 bits per heavy atom. The van der Waals surface area contributed by atoms with Crippen molar-refractivity contribution in [2.24, 2.45) is 0 Å². The zero-order chi connectivity index (χ0) is 13.0. The van der Waals surface area contributed by atoms with Crippen molar-refractivity contribution in [3.8, 4) is 0 Å². The monoisotopic (exact) mass is 236 g/mol. The molecule has 0 aliphatic heterocycles. The predicted octanol–water partition coefficient (Wildman–Crippen LogP) is 3.87. The van der Waals surface area contributed by atoms with Gasteiger partial charge in [0.25, 0.3) is 0 Å². The molecule has 4 heteroatoms. The molecule has 0 aliphatic rings. The first-order valence-corrected chi connectivity index (χ1v) is 6.30. The highest BCUT2D eigenvalue weighted by Gasteiger charge is 2.13. The third-order valence-corrected chi connectivity index (χ3v) is 2.43. The molecule has 0 radical (unpaired) electrons. The lowest BCUT2D eigenvalue weighted by Crippen LogP contribution is -1.95. The van der Waals surface area contributed by atoms with E-state index in [9.17, 15) is 0 Å². The van der Waals surface area contributed by atoms with E-state index in [0.717, 1.165) is 22.7 Å². The van der Waals surface area contributed by atoms with E-state index in [1.165, 1.54) is 0 Å². The van der Waals surface area contributed by atoms with Gasteiger partial charge in [-0.15, -0.1) is 0 Å². The summed E-state index contributed by atoms with van der Waals surface area (Å²) in [4.78, 5) is 16.2. The smallest absolute Gasteiger partial charge is 0.181 e. The maximum atomic E-state index is 4.45. The summed E-state index contributed by atoms with van der Waals surface area (Å²) in [5, 5.41) is 0. The number of nitrogens with one attached hydrogen (secondary N) is 1. The minimum atomic E-state index is 0. The van der Waals surface area contributed by atoms with Crippen LogP contribution in [0.4, 0.5) is 0 Å². The van der Waals surface area contributed by atoms with Gasteiger partial charge in [-0.05, 0) is 5.92 Å². The van der Waals surface area contributed by atoms with Crippen LogP contribution in [0.25, 0.3) is 11.2 Å². The molecule has 0 aliphatic carbocycles. The lowest BCUT2D eigenvalue weighted by Gasteiger charge is -2.03. The van der Waals surface area contributed by atoms with Gasteiger partial charge in [-0.25, -0.2) is 15.0 Å². The highest BCUT2D eigenvalue weighted by atomic mass is 15.0. The van der Waals surface area contributed by atoms with E-state index < -0.39 is 0 Å². The number of aromatic amines is 1. The minimum absolute atomic E-state index is 0. The number of imidazole rings is 1. The Morgan fingerprint density at radius 1 is 1.06 bits per heavy atom. The summed E-state index contributed by atoms with van der Waals surface area (Å²) in [6.07, 6.45) is 1.59. The van der Waals surface area contributed by atoms with Gasteiger partial charge in [0, 0.05) is 7.34 Å². The van der Waals surface area contributed by atoms with Gasteiger partial charge >= 0.3 is 0 Å². The quantitative estimate of drug-likeness (QED) is 0.861. The molecule has 0 amide bonds. The summed E-state index contributed by atoms with van der Waals surface area (Å²) in [5.41, 5.74) is 2.80. The molecule has 2 aromatic rings. The maximum Gasteiger partial charge on any atom is 0.181 e. The van der Waals surface area contributed by atoms with E-state index in [1.54, 1.807) is 6.33 Å².